The van der Waals surface area contributed by atoms with Crippen LogP contribution in [0.2, 0.25) is 0 Å². The summed E-state index contributed by atoms with van der Waals surface area (Å²) in [5.74, 6) is 0. The summed E-state index contributed by atoms with van der Waals surface area (Å²) in [6, 6.07) is 9.41. The lowest BCUT2D eigenvalue weighted by Gasteiger charge is -2.16. The standard InChI is InChI=1S/C15H21NO/c1-11-6-7-15(17-11)10-16-14-8-12-4-2-3-5-13(12)9-14/h2-5,11,14-16H,6-10H2,1H3. The molecule has 2 unspecified atom stereocenters. The maximum absolute atomic E-state index is 5.84. The molecule has 0 spiro atoms. The molecule has 17 heavy (non-hydrogen) atoms. The summed E-state index contributed by atoms with van der Waals surface area (Å²) in [5.41, 5.74) is 3.04. The first-order valence-electron chi connectivity index (χ1n) is 6.77. The van der Waals surface area contributed by atoms with Crippen molar-refractivity contribution >= 4 is 0 Å². The predicted molar refractivity (Wildman–Crippen MR) is 69.2 cm³/mol. The zero-order chi connectivity index (χ0) is 11.7. The maximum atomic E-state index is 5.84. The fraction of sp³-hybridized carbons (Fsp3) is 0.600. The van der Waals surface area contributed by atoms with Crippen LogP contribution in [0, 0.1) is 0 Å². The molecule has 2 heteroatoms. The Labute approximate surface area is 103 Å². The molecule has 0 aromatic heterocycles. The van der Waals surface area contributed by atoms with Crippen LogP contribution in [0.15, 0.2) is 24.3 Å². The summed E-state index contributed by atoms with van der Waals surface area (Å²) < 4.78 is 5.84. The molecule has 0 radical (unpaired) electrons. The van der Waals surface area contributed by atoms with Crippen LogP contribution in [0.25, 0.3) is 0 Å². The van der Waals surface area contributed by atoms with E-state index in [9.17, 15) is 0 Å². The third-order valence-corrected chi connectivity index (χ3v) is 4.01. The van der Waals surface area contributed by atoms with E-state index in [1.54, 1.807) is 0 Å². The molecule has 2 aliphatic rings. The van der Waals surface area contributed by atoms with E-state index in [0.717, 1.165) is 6.54 Å². The minimum Gasteiger partial charge on any atom is -0.374 e. The Morgan fingerprint density at radius 3 is 2.47 bits per heavy atom. The lowest BCUT2D eigenvalue weighted by molar-refractivity contribution is 0.0545. The van der Waals surface area contributed by atoms with Crippen molar-refractivity contribution in [2.24, 2.45) is 0 Å². The number of nitrogens with one attached hydrogen (secondary N) is 1. The highest BCUT2D eigenvalue weighted by Gasteiger charge is 2.25. The molecule has 1 saturated heterocycles. The van der Waals surface area contributed by atoms with Gasteiger partial charge in [-0.25, -0.2) is 0 Å². The highest BCUT2D eigenvalue weighted by Crippen LogP contribution is 2.23. The highest BCUT2D eigenvalue weighted by atomic mass is 16.5. The molecule has 1 heterocycles. The van der Waals surface area contributed by atoms with E-state index < -0.39 is 0 Å². The van der Waals surface area contributed by atoms with Crippen molar-refractivity contribution in [1.82, 2.24) is 5.32 Å². The number of ether oxygens (including phenoxy) is 1. The van der Waals surface area contributed by atoms with Crippen LogP contribution in [-0.2, 0) is 17.6 Å². The third-order valence-electron chi connectivity index (χ3n) is 4.01. The van der Waals surface area contributed by atoms with E-state index in [4.69, 9.17) is 4.74 Å². The van der Waals surface area contributed by atoms with E-state index in [0.29, 0.717) is 18.2 Å². The third kappa shape index (κ3) is 2.53. The molecule has 1 N–H and O–H groups in total. The van der Waals surface area contributed by atoms with Gasteiger partial charge in [0.1, 0.15) is 0 Å². The molecule has 1 aromatic rings. The predicted octanol–water partition coefficient (Wildman–Crippen LogP) is 2.31. The molecule has 1 fully saturated rings. The fourth-order valence-electron chi connectivity index (χ4n) is 3.04. The summed E-state index contributed by atoms with van der Waals surface area (Å²) in [4.78, 5) is 0. The molecule has 1 aliphatic heterocycles. The fourth-order valence-corrected chi connectivity index (χ4v) is 3.04. The van der Waals surface area contributed by atoms with Crippen molar-refractivity contribution in [2.75, 3.05) is 6.54 Å². The molecular weight excluding hydrogens is 210 g/mol. The number of hydrogen-bond acceptors (Lipinski definition) is 2. The summed E-state index contributed by atoms with van der Waals surface area (Å²) in [6.07, 6.45) is 5.69. The Hall–Kier alpha value is -0.860. The van der Waals surface area contributed by atoms with Gasteiger partial charge in [-0.3, -0.25) is 0 Å². The van der Waals surface area contributed by atoms with Crippen molar-refractivity contribution in [1.29, 1.82) is 0 Å². The monoisotopic (exact) mass is 231 g/mol. The van der Waals surface area contributed by atoms with Gasteiger partial charge >= 0.3 is 0 Å². The molecule has 3 rings (SSSR count). The minimum absolute atomic E-state index is 0.439. The molecule has 92 valence electrons. The first-order chi connectivity index (χ1) is 8.31. The lowest BCUT2D eigenvalue weighted by atomic mass is 10.1. The van der Waals surface area contributed by atoms with Crippen molar-refractivity contribution in [2.45, 2.75) is 50.9 Å². The van der Waals surface area contributed by atoms with E-state index in [-0.39, 0.29) is 0 Å². The molecular formula is C15H21NO. The average molecular weight is 231 g/mol. The van der Waals surface area contributed by atoms with Crippen LogP contribution in [0.4, 0.5) is 0 Å². The summed E-state index contributed by atoms with van der Waals surface area (Å²) in [6.45, 7) is 3.19. The Bertz CT molecular complexity index is 365. The topological polar surface area (TPSA) is 21.3 Å². The van der Waals surface area contributed by atoms with Crippen LogP contribution < -0.4 is 5.32 Å². The Morgan fingerprint density at radius 1 is 1.18 bits per heavy atom. The summed E-state index contributed by atoms with van der Waals surface area (Å²) in [5, 5.41) is 3.67. The van der Waals surface area contributed by atoms with Crippen LogP contribution in [-0.4, -0.2) is 24.8 Å². The van der Waals surface area contributed by atoms with Gasteiger partial charge in [0.25, 0.3) is 0 Å². The summed E-state index contributed by atoms with van der Waals surface area (Å²) in [7, 11) is 0. The first kappa shape index (κ1) is 11.2. The molecule has 0 bridgehead atoms. The molecule has 1 aliphatic carbocycles. The van der Waals surface area contributed by atoms with E-state index in [2.05, 4.69) is 36.5 Å². The minimum atomic E-state index is 0.439. The summed E-state index contributed by atoms with van der Waals surface area (Å²) >= 11 is 0. The number of fused-ring (bicyclic) bond motifs is 1. The second-order valence-corrected chi connectivity index (χ2v) is 5.43. The molecule has 2 nitrogen and oxygen atoms in total. The highest BCUT2D eigenvalue weighted by molar-refractivity contribution is 5.33. The zero-order valence-electron chi connectivity index (χ0n) is 10.5. The van der Waals surface area contributed by atoms with Crippen molar-refractivity contribution in [3.05, 3.63) is 35.4 Å². The van der Waals surface area contributed by atoms with Gasteiger partial charge in [0.2, 0.25) is 0 Å². The Balaban J connectivity index is 1.49. The van der Waals surface area contributed by atoms with Gasteiger partial charge in [0, 0.05) is 12.6 Å². The Morgan fingerprint density at radius 2 is 1.88 bits per heavy atom. The van der Waals surface area contributed by atoms with Crippen LogP contribution in [0.5, 0.6) is 0 Å². The Kier molecular flexibility index (Phi) is 3.17. The molecule has 0 saturated carbocycles. The van der Waals surface area contributed by atoms with Gasteiger partial charge < -0.3 is 10.1 Å². The van der Waals surface area contributed by atoms with E-state index >= 15 is 0 Å². The maximum Gasteiger partial charge on any atom is 0.0704 e. The van der Waals surface area contributed by atoms with Gasteiger partial charge in [0.05, 0.1) is 12.2 Å². The first-order valence-corrected chi connectivity index (χ1v) is 6.77. The van der Waals surface area contributed by atoms with Gasteiger partial charge in [0.15, 0.2) is 0 Å². The van der Waals surface area contributed by atoms with Crippen LogP contribution >= 0.6 is 0 Å². The SMILES string of the molecule is CC1CCC(CNC2Cc3ccccc3C2)O1. The van der Waals surface area contributed by atoms with Crippen molar-refractivity contribution < 1.29 is 4.74 Å². The second kappa shape index (κ2) is 4.79. The largest absolute Gasteiger partial charge is 0.374 e. The van der Waals surface area contributed by atoms with Gasteiger partial charge in [-0.15, -0.1) is 0 Å². The van der Waals surface area contributed by atoms with Gasteiger partial charge in [-0.05, 0) is 43.7 Å². The van der Waals surface area contributed by atoms with Crippen LogP contribution in [0.3, 0.4) is 0 Å². The van der Waals surface area contributed by atoms with Crippen molar-refractivity contribution in [3.8, 4) is 0 Å². The second-order valence-electron chi connectivity index (χ2n) is 5.43. The zero-order valence-corrected chi connectivity index (χ0v) is 10.5. The molecule has 2 atom stereocenters. The molecule has 0 amide bonds. The molecule has 1 aromatic carbocycles. The average Bonchev–Trinajstić information content (AvgIpc) is 2.91. The quantitative estimate of drug-likeness (QED) is 0.862. The van der Waals surface area contributed by atoms with Crippen molar-refractivity contribution in [3.63, 3.8) is 0 Å². The van der Waals surface area contributed by atoms with Gasteiger partial charge in [-0.2, -0.15) is 0 Å². The van der Waals surface area contributed by atoms with Gasteiger partial charge in [-0.1, -0.05) is 24.3 Å². The smallest absolute Gasteiger partial charge is 0.0704 e. The lowest BCUT2D eigenvalue weighted by Crippen LogP contribution is -2.36. The van der Waals surface area contributed by atoms with Crippen LogP contribution in [0.1, 0.15) is 30.9 Å². The van der Waals surface area contributed by atoms with E-state index in [1.807, 2.05) is 0 Å². The number of rotatable bonds is 3. The normalized spacial score (nSPS) is 28.5. The number of benzene rings is 1. The van der Waals surface area contributed by atoms with E-state index in [1.165, 1.54) is 36.8 Å². The number of hydrogen-bond donors (Lipinski definition) is 1.